The predicted octanol–water partition coefficient (Wildman–Crippen LogP) is 2.27. The van der Waals surface area contributed by atoms with Crippen molar-refractivity contribution >= 4 is 21.6 Å². The summed E-state index contributed by atoms with van der Waals surface area (Å²) in [5, 5.41) is 6.98. The topological polar surface area (TPSA) is 81.8 Å². The van der Waals surface area contributed by atoms with Crippen LogP contribution in [0.25, 0.3) is 0 Å². The molecule has 25 heavy (non-hydrogen) atoms. The lowest BCUT2D eigenvalue weighted by Gasteiger charge is -2.07. The third kappa shape index (κ3) is 4.33. The van der Waals surface area contributed by atoms with E-state index in [9.17, 15) is 21.6 Å². The number of rotatable bonds is 6. The Balaban J connectivity index is 1.99. The van der Waals surface area contributed by atoms with Crippen molar-refractivity contribution in [2.45, 2.75) is 37.9 Å². The molecule has 0 unspecified atom stereocenters. The Labute approximate surface area is 147 Å². The van der Waals surface area contributed by atoms with Crippen molar-refractivity contribution in [3.63, 3.8) is 0 Å². The third-order valence-corrected chi connectivity index (χ3v) is 5.52. The van der Waals surface area contributed by atoms with Gasteiger partial charge in [0, 0.05) is 26.3 Å². The second-order valence-electron chi connectivity index (χ2n) is 5.47. The van der Waals surface area contributed by atoms with Crippen molar-refractivity contribution in [1.29, 1.82) is 0 Å². The van der Waals surface area contributed by atoms with Gasteiger partial charge in [0.05, 0.1) is 16.4 Å². The Kier molecular flexibility index (Phi) is 5.50. The van der Waals surface area contributed by atoms with E-state index in [0.717, 1.165) is 4.68 Å². The lowest BCUT2D eigenvalue weighted by atomic mass is 10.3. The van der Waals surface area contributed by atoms with E-state index in [1.807, 2.05) is 0 Å². The van der Waals surface area contributed by atoms with E-state index in [1.165, 1.54) is 17.8 Å². The molecule has 0 atom stereocenters. The summed E-state index contributed by atoms with van der Waals surface area (Å²) in [7, 11) is -2.12. The summed E-state index contributed by atoms with van der Waals surface area (Å²) in [6.07, 6.45) is -3.01. The van der Waals surface area contributed by atoms with Crippen LogP contribution in [-0.4, -0.2) is 34.5 Å². The molecule has 12 heteroatoms. The molecule has 0 saturated heterocycles. The number of aryl methyl sites for hydroxylation is 3. The standard InChI is InChI=1S/C13H17ClF3N5O2S/c1-8-10(7-21(3)19-8)25(23,24)18-5-4-6-22-9(2)11(14)12(20-22)13(15,16)17/h7,18H,4-6H2,1-3H3. The molecule has 0 aliphatic heterocycles. The molecular weight excluding hydrogens is 383 g/mol. The van der Waals surface area contributed by atoms with Gasteiger partial charge >= 0.3 is 6.18 Å². The van der Waals surface area contributed by atoms with Crippen molar-refractivity contribution in [3.8, 4) is 0 Å². The monoisotopic (exact) mass is 399 g/mol. The quantitative estimate of drug-likeness (QED) is 0.755. The highest BCUT2D eigenvalue weighted by Crippen LogP contribution is 2.35. The lowest BCUT2D eigenvalue weighted by Crippen LogP contribution is -2.26. The number of alkyl halides is 3. The Bertz CT molecular complexity index is 873. The van der Waals surface area contributed by atoms with Crippen LogP contribution in [0.15, 0.2) is 11.1 Å². The summed E-state index contributed by atoms with van der Waals surface area (Å²) < 4.78 is 67.5. The zero-order valence-corrected chi connectivity index (χ0v) is 15.3. The van der Waals surface area contributed by atoms with Crippen LogP contribution in [0, 0.1) is 13.8 Å². The van der Waals surface area contributed by atoms with Gasteiger partial charge in [-0.05, 0) is 20.3 Å². The summed E-state index contributed by atoms with van der Waals surface area (Å²) in [5.74, 6) is 0. The zero-order valence-electron chi connectivity index (χ0n) is 13.7. The summed E-state index contributed by atoms with van der Waals surface area (Å²) in [5.41, 5.74) is -0.599. The molecule has 2 aromatic heterocycles. The van der Waals surface area contributed by atoms with Crippen molar-refractivity contribution in [2.75, 3.05) is 6.54 Å². The van der Waals surface area contributed by atoms with E-state index < -0.39 is 26.9 Å². The summed E-state index contributed by atoms with van der Waals surface area (Å²) >= 11 is 5.66. The van der Waals surface area contributed by atoms with Crippen LogP contribution in [0.4, 0.5) is 13.2 Å². The minimum atomic E-state index is -4.63. The van der Waals surface area contributed by atoms with Crippen molar-refractivity contribution in [3.05, 3.63) is 28.3 Å². The van der Waals surface area contributed by atoms with E-state index in [4.69, 9.17) is 11.6 Å². The first-order chi connectivity index (χ1) is 11.4. The summed E-state index contributed by atoms with van der Waals surface area (Å²) in [4.78, 5) is 0.0627. The number of hydrogen-bond acceptors (Lipinski definition) is 4. The average molecular weight is 400 g/mol. The first-order valence-electron chi connectivity index (χ1n) is 7.23. The highest BCUT2D eigenvalue weighted by molar-refractivity contribution is 7.89. The number of hydrogen-bond donors (Lipinski definition) is 1. The van der Waals surface area contributed by atoms with Gasteiger partial charge in [-0.3, -0.25) is 9.36 Å². The molecule has 140 valence electrons. The van der Waals surface area contributed by atoms with Crippen LogP contribution in [-0.2, 0) is 29.8 Å². The van der Waals surface area contributed by atoms with Gasteiger partial charge in [0.2, 0.25) is 10.0 Å². The van der Waals surface area contributed by atoms with Crippen LogP contribution >= 0.6 is 11.6 Å². The molecule has 0 saturated carbocycles. The van der Waals surface area contributed by atoms with Crippen LogP contribution in [0.2, 0.25) is 5.02 Å². The van der Waals surface area contributed by atoms with Crippen molar-refractivity contribution in [1.82, 2.24) is 24.3 Å². The van der Waals surface area contributed by atoms with Gasteiger partial charge in [0.15, 0.2) is 5.69 Å². The van der Waals surface area contributed by atoms with Crippen molar-refractivity contribution in [2.24, 2.45) is 7.05 Å². The first kappa shape index (κ1) is 19.7. The molecule has 0 fully saturated rings. The number of sulfonamides is 1. The molecule has 0 amide bonds. The number of nitrogens with zero attached hydrogens (tertiary/aromatic N) is 4. The number of nitrogens with one attached hydrogen (secondary N) is 1. The molecular formula is C13H17ClF3N5O2S. The normalized spacial score (nSPS) is 12.8. The van der Waals surface area contributed by atoms with Gasteiger partial charge in [-0.2, -0.15) is 23.4 Å². The molecule has 7 nitrogen and oxygen atoms in total. The van der Waals surface area contributed by atoms with Crippen molar-refractivity contribution < 1.29 is 21.6 Å². The molecule has 0 aliphatic rings. The molecule has 2 heterocycles. The Morgan fingerprint density at radius 3 is 2.40 bits per heavy atom. The first-order valence-corrected chi connectivity index (χ1v) is 9.09. The van der Waals surface area contributed by atoms with Crippen LogP contribution in [0.3, 0.4) is 0 Å². The number of aromatic nitrogens is 4. The molecule has 2 rings (SSSR count). The highest BCUT2D eigenvalue weighted by atomic mass is 35.5. The van der Waals surface area contributed by atoms with E-state index >= 15 is 0 Å². The zero-order chi connectivity index (χ0) is 19.0. The SMILES string of the molecule is Cc1nn(C)cc1S(=O)(=O)NCCCn1nc(C(F)(F)F)c(Cl)c1C. The Morgan fingerprint density at radius 1 is 1.28 bits per heavy atom. The van der Waals surface area contributed by atoms with Gasteiger partial charge in [-0.15, -0.1) is 0 Å². The molecule has 0 spiro atoms. The van der Waals surface area contributed by atoms with E-state index in [1.54, 1.807) is 14.0 Å². The molecule has 0 radical (unpaired) electrons. The maximum Gasteiger partial charge on any atom is 0.436 e. The second-order valence-corrected chi connectivity index (χ2v) is 7.59. The minimum Gasteiger partial charge on any atom is -0.274 e. The van der Waals surface area contributed by atoms with Crippen LogP contribution < -0.4 is 4.72 Å². The van der Waals surface area contributed by atoms with Crippen LogP contribution in [0.1, 0.15) is 23.5 Å². The van der Waals surface area contributed by atoms with Gasteiger partial charge in [0.25, 0.3) is 0 Å². The van der Waals surface area contributed by atoms with Gasteiger partial charge in [-0.25, -0.2) is 13.1 Å². The van der Waals surface area contributed by atoms with E-state index in [2.05, 4.69) is 14.9 Å². The Hall–Kier alpha value is -1.59. The average Bonchev–Trinajstić information content (AvgIpc) is 2.96. The molecule has 2 aromatic rings. The fraction of sp³-hybridized carbons (Fsp3) is 0.538. The molecule has 0 bridgehead atoms. The Morgan fingerprint density at radius 2 is 1.92 bits per heavy atom. The summed E-state index contributed by atoms with van der Waals surface area (Å²) in [6.45, 7) is 3.13. The molecule has 0 aromatic carbocycles. The van der Waals surface area contributed by atoms with Gasteiger partial charge in [0.1, 0.15) is 4.90 Å². The van der Waals surface area contributed by atoms with E-state index in [-0.39, 0.29) is 30.1 Å². The fourth-order valence-corrected chi connectivity index (χ4v) is 3.81. The smallest absolute Gasteiger partial charge is 0.274 e. The molecule has 0 aliphatic carbocycles. The maximum atomic E-state index is 12.8. The highest BCUT2D eigenvalue weighted by Gasteiger charge is 2.38. The predicted molar refractivity (Wildman–Crippen MR) is 84.7 cm³/mol. The van der Waals surface area contributed by atoms with E-state index in [0.29, 0.717) is 5.69 Å². The lowest BCUT2D eigenvalue weighted by molar-refractivity contribution is -0.141. The molecule has 1 N–H and O–H groups in total. The third-order valence-electron chi connectivity index (χ3n) is 3.50. The maximum absolute atomic E-state index is 12.8. The van der Waals surface area contributed by atoms with Gasteiger partial charge < -0.3 is 0 Å². The second kappa shape index (κ2) is 6.96. The summed E-state index contributed by atoms with van der Waals surface area (Å²) in [6, 6.07) is 0. The van der Waals surface area contributed by atoms with Crippen LogP contribution in [0.5, 0.6) is 0 Å². The number of halogens is 4. The fourth-order valence-electron chi connectivity index (χ4n) is 2.28. The largest absolute Gasteiger partial charge is 0.436 e. The minimum absolute atomic E-state index is 0.0366. The van der Waals surface area contributed by atoms with Gasteiger partial charge in [-0.1, -0.05) is 11.6 Å².